The van der Waals surface area contributed by atoms with Gasteiger partial charge in [0.25, 0.3) is 5.91 Å². The first-order valence-electron chi connectivity index (χ1n) is 8.61. The summed E-state index contributed by atoms with van der Waals surface area (Å²) >= 11 is 0. The van der Waals surface area contributed by atoms with Crippen LogP contribution in [0.4, 0.5) is 5.69 Å². The third-order valence-electron chi connectivity index (χ3n) is 4.85. The molecule has 1 fully saturated rings. The van der Waals surface area contributed by atoms with Gasteiger partial charge in [0.2, 0.25) is 0 Å². The minimum atomic E-state index is -0.244. The van der Waals surface area contributed by atoms with E-state index < -0.39 is 0 Å². The van der Waals surface area contributed by atoms with Crippen molar-refractivity contribution in [1.29, 1.82) is 0 Å². The van der Waals surface area contributed by atoms with Crippen molar-refractivity contribution in [2.24, 2.45) is 0 Å². The summed E-state index contributed by atoms with van der Waals surface area (Å²) in [7, 11) is 1.63. The fraction of sp³-hybridized carbons (Fsp3) is 0.500. The number of benzene rings is 1. The molecule has 0 unspecified atom stereocenters. The van der Waals surface area contributed by atoms with Crippen LogP contribution in [-0.2, 0) is 0 Å². The minimum absolute atomic E-state index is 0.244. The molecule has 3 rings (SSSR count). The molecule has 1 aromatic heterocycles. The highest BCUT2D eigenvalue weighted by molar-refractivity contribution is 6.04. The van der Waals surface area contributed by atoms with E-state index in [-0.39, 0.29) is 5.91 Å². The van der Waals surface area contributed by atoms with Crippen LogP contribution in [0.25, 0.3) is 0 Å². The molecular formula is C18H25N5O2. The van der Waals surface area contributed by atoms with Crippen LogP contribution < -0.4 is 15.4 Å². The van der Waals surface area contributed by atoms with Crippen LogP contribution in [0, 0.1) is 20.8 Å². The lowest BCUT2D eigenvalue weighted by Crippen LogP contribution is -2.30. The standard InChI is InChI=1S/C18H25N5O2/c1-11-5-6-15(12(2)17(11)25-4)20-18(24)16-13(3)23(22-21-16)14-7-9-19-10-8-14/h5-6,14,19H,7-10H2,1-4H3,(H,20,24). The molecule has 2 aromatic rings. The zero-order valence-corrected chi connectivity index (χ0v) is 15.2. The summed E-state index contributed by atoms with van der Waals surface area (Å²) < 4.78 is 7.31. The molecule has 0 bridgehead atoms. The van der Waals surface area contributed by atoms with Gasteiger partial charge in [-0.25, -0.2) is 4.68 Å². The molecule has 2 N–H and O–H groups in total. The number of ether oxygens (including phenoxy) is 1. The van der Waals surface area contributed by atoms with Gasteiger partial charge in [0.15, 0.2) is 5.69 Å². The Morgan fingerprint density at radius 1 is 1.28 bits per heavy atom. The van der Waals surface area contributed by atoms with E-state index in [1.165, 1.54) is 0 Å². The molecule has 1 aliphatic heterocycles. The van der Waals surface area contributed by atoms with E-state index in [4.69, 9.17) is 4.74 Å². The minimum Gasteiger partial charge on any atom is -0.496 e. The fourth-order valence-corrected chi connectivity index (χ4v) is 3.41. The van der Waals surface area contributed by atoms with Crippen LogP contribution in [0.15, 0.2) is 12.1 Å². The van der Waals surface area contributed by atoms with Crippen molar-refractivity contribution in [2.45, 2.75) is 39.7 Å². The Hall–Kier alpha value is -2.41. The van der Waals surface area contributed by atoms with Gasteiger partial charge in [-0.2, -0.15) is 0 Å². The molecule has 0 atom stereocenters. The zero-order valence-electron chi connectivity index (χ0n) is 15.2. The van der Waals surface area contributed by atoms with E-state index in [0.717, 1.165) is 54.2 Å². The molecule has 1 saturated heterocycles. The summed E-state index contributed by atoms with van der Waals surface area (Å²) in [5, 5.41) is 14.6. The highest BCUT2D eigenvalue weighted by atomic mass is 16.5. The van der Waals surface area contributed by atoms with Crippen LogP contribution >= 0.6 is 0 Å². The van der Waals surface area contributed by atoms with E-state index in [2.05, 4.69) is 20.9 Å². The van der Waals surface area contributed by atoms with Crippen molar-refractivity contribution >= 4 is 11.6 Å². The van der Waals surface area contributed by atoms with Crippen LogP contribution in [0.5, 0.6) is 5.75 Å². The Balaban J connectivity index is 1.81. The average Bonchev–Trinajstić information content (AvgIpc) is 3.00. The van der Waals surface area contributed by atoms with Gasteiger partial charge < -0.3 is 15.4 Å². The number of rotatable bonds is 4. The number of hydrogen-bond acceptors (Lipinski definition) is 5. The van der Waals surface area contributed by atoms with Crippen LogP contribution in [0.3, 0.4) is 0 Å². The first-order chi connectivity index (χ1) is 12.0. The summed E-state index contributed by atoms with van der Waals surface area (Å²) in [5.74, 6) is 0.541. The molecule has 0 saturated carbocycles. The maximum absolute atomic E-state index is 12.7. The third kappa shape index (κ3) is 3.37. The average molecular weight is 343 g/mol. The van der Waals surface area contributed by atoms with Crippen molar-refractivity contribution in [3.63, 3.8) is 0 Å². The largest absolute Gasteiger partial charge is 0.496 e. The fourth-order valence-electron chi connectivity index (χ4n) is 3.41. The van der Waals surface area contributed by atoms with Gasteiger partial charge in [0.05, 0.1) is 18.8 Å². The van der Waals surface area contributed by atoms with E-state index in [0.29, 0.717) is 11.7 Å². The molecule has 1 aliphatic rings. The maximum Gasteiger partial charge on any atom is 0.278 e. The summed E-state index contributed by atoms with van der Waals surface area (Å²) in [6, 6.07) is 4.12. The summed E-state index contributed by atoms with van der Waals surface area (Å²) in [5.41, 5.74) is 3.84. The second-order valence-electron chi connectivity index (χ2n) is 6.49. The Morgan fingerprint density at radius 2 is 2.00 bits per heavy atom. The van der Waals surface area contributed by atoms with Gasteiger partial charge >= 0.3 is 0 Å². The van der Waals surface area contributed by atoms with E-state index in [1.807, 2.05) is 37.6 Å². The van der Waals surface area contributed by atoms with Crippen LogP contribution in [0.2, 0.25) is 0 Å². The molecule has 0 aliphatic carbocycles. The van der Waals surface area contributed by atoms with Crippen LogP contribution in [-0.4, -0.2) is 41.1 Å². The van der Waals surface area contributed by atoms with Gasteiger partial charge in [-0.3, -0.25) is 4.79 Å². The van der Waals surface area contributed by atoms with Crippen molar-refractivity contribution in [3.8, 4) is 5.75 Å². The highest BCUT2D eigenvalue weighted by Gasteiger charge is 2.23. The lowest BCUT2D eigenvalue weighted by molar-refractivity contribution is 0.102. The smallest absolute Gasteiger partial charge is 0.278 e. The SMILES string of the molecule is COc1c(C)ccc(NC(=O)c2nnn(C3CCNCC3)c2C)c1C. The van der Waals surface area contributed by atoms with Gasteiger partial charge in [-0.05, 0) is 58.3 Å². The zero-order chi connectivity index (χ0) is 18.0. The van der Waals surface area contributed by atoms with Gasteiger partial charge in [0, 0.05) is 11.3 Å². The Morgan fingerprint density at radius 3 is 2.68 bits per heavy atom. The van der Waals surface area contributed by atoms with E-state index in [9.17, 15) is 4.79 Å². The summed E-state index contributed by atoms with van der Waals surface area (Å²) in [6.07, 6.45) is 2.00. The predicted octanol–water partition coefficient (Wildman–Crippen LogP) is 2.39. The van der Waals surface area contributed by atoms with E-state index in [1.54, 1.807) is 7.11 Å². The molecule has 7 heteroatoms. The summed E-state index contributed by atoms with van der Waals surface area (Å²) in [6.45, 7) is 7.74. The molecule has 7 nitrogen and oxygen atoms in total. The van der Waals surface area contributed by atoms with Crippen molar-refractivity contribution < 1.29 is 9.53 Å². The number of methoxy groups -OCH3 is 1. The molecule has 1 aromatic carbocycles. The molecular weight excluding hydrogens is 318 g/mol. The molecule has 1 amide bonds. The molecule has 0 radical (unpaired) electrons. The Kier molecular flexibility index (Phi) is 5.03. The van der Waals surface area contributed by atoms with Crippen LogP contribution in [0.1, 0.15) is 46.2 Å². The molecule has 25 heavy (non-hydrogen) atoms. The van der Waals surface area contributed by atoms with Crippen molar-refractivity contribution in [3.05, 3.63) is 34.6 Å². The Labute approximate surface area is 147 Å². The number of aryl methyl sites for hydroxylation is 1. The third-order valence-corrected chi connectivity index (χ3v) is 4.85. The predicted molar refractivity (Wildman–Crippen MR) is 96.3 cm³/mol. The monoisotopic (exact) mass is 343 g/mol. The number of aromatic nitrogens is 3. The Bertz CT molecular complexity index is 778. The number of anilines is 1. The molecule has 134 valence electrons. The quantitative estimate of drug-likeness (QED) is 0.891. The number of hydrogen-bond donors (Lipinski definition) is 2. The number of amides is 1. The lowest BCUT2D eigenvalue weighted by atomic mass is 10.1. The van der Waals surface area contributed by atoms with Crippen molar-refractivity contribution in [1.82, 2.24) is 20.3 Å². The number of carbonyl (C=O) groups is 1. The number of carbonyl (C=O) groups excluding carboxylic acids is 1. The number of nitrogens with zero attached hydrogens (tertiary/aromatic N) is 3. The number of piperidine rings is 1. The summed E-state index contributed by atoms with van der Waals surface area (Å²) in [4.78, 5) is 12.7. The number of nitrogens with one attached hydrogen (secondary N) is 2. The van der Waals surface area contributed by atoms with Gasteiger partial charge in [0.1, 0.15) is 5.75 Å². The lowest BCUT2D eigenvalue weighted by Gasteiger charge is -2.23. The second-order valence-corrected chi connectivity index (χ2v) is 6.49. The molecule has 0 spiro atoms. The first-order valence-corrected chi connectivity index (χ1v) is 8.61. The van der Waals surface area contributed by atoms with Gasteiger partial charge in [-0.1, -0.05) is 11.3 Å². The topological polar surface area (TPSA) is 81.1 Å². The normalized spacial score (nSPS) is 15.2. The molecule has 2 heterocycles. The highest BCUT2D eigenvalue weighted by Crippen LogP contribution is 2.29. The van der Waals surface area contributed by atoms with Gasteiger partial charge in [-0.15, -0.1) is 5.10 Å². The van der Waals surface area contributed by atoms with E-state index >= 15 is 0 Å². The first kappa shape index (κ1) is 17.4. The second kappa shape index (κ2) is 7.23. The maximum atomic E-state index is 12.7. The van der Waals surface area contributed by atoms with Crippen molar-refractivity contribution in [2.75, 3.05) is 25.5 Å².